The summed E-state index contributed by atoms with van der Waals surface area (Å²) in [7, 11) is -2.70. The van der Waals surface area contributed by atoms with Gasteiger partial charge in [-0.1, -0.05) is 188 Å². The van der Waals surface area contributed by atoms with Crippen LogP contribution < -0.4 is 20.7 Å². The first-order chi connectivity index (χ1) is 28.3. The van der Waals surface area contributed by atoms with Crippen molar-refractivity contribution in [2.75, 3.05) is 0 Å². The zero-order valence-electron chi connectivity index (χ0n) is 31.3. The number of para-hydroxylation sites is 3. The quantitative estimate of drug-likeness (QED) is 0.114. The molecule has 0 saturated heterocycles. The third-order valence-electron chi connectivity index (χ3n) is 11.8. The Balaban J connectivity index is 1.19. The second-order valence-electron chi connectivity index (χ2n) is 14.9. The van der Waals surface area contributed by atoms with Crippen LogP contribution in [-0.2, 0) is 0 Å². The normalized spacial score (nSPS) is 11.9. The predicted octanol–water partition coefficient (Wildman–Crippen LogP) is 10.9. The molecule has 2 heterocycles. The van der Waals surface area contributed by atoms with Crippen molar-refractivity contribution in [2.45, 2.75) is 0 Å². The maximum absolute atomic E-state index is 2.70. The average molecular weight is 743 g/mol. The summed E-state index contributed by atoms with van der Waals surface area (Å²) in [4.78, 5) is 0. The molecule has 2 nitrogen and oxygen atoms in total. The molecule has 0 spiro atoms. The molecule has 0 amide bonds. The molecule has 0 fully saturated rings. The lowest BCUT2D eigenvalue weighted by Gasteiger charge is -2.34. The molecule has 0 aliphatic carbocycles. The van der Waals surface area contributed by atoms with Gasteiger partial charge in [0.2, 0.25) is 0 Å². The van der Waals surface area contributed by atoms with E-state index >= 15 is 0 Å². The number of fused-ring (bicyclic) bond motifs is 7. The van der Waals surface area contributed by atoms with Crippen LogP contribution in [0.2, 0.25) is 0 Å². The van der Waals surface area contributed by atoms with Gasteiger partial charge in [0.05, 0.1) is 22.1 Å². The standard InChI is InChI=1S/C54H38N2Si/c1-6-20-41(21-7-1)55-50-32-17-16-31-49(50)53-51(55)36-35-48-47-34-33-40(38-52(47)56(54(48)53)42-22-8-2-9-23-42)39-19-18-30-46(37-39)57(43-24-10-3-11-25-43,44-26-12-4-13-27-44)45-28-14-5-15-29-45/h1-38H. The van der Waals surface area contributed by atoms with Crippen LogP contribution in [0.25, 0.3) is 66.1 Å². The van der Waals surface area contributed by atoms with Crippen LogP contribution in [0.1, 0.15) is 0 Å². The molecule has 268 valence electrons. The van der Waals surface area contributed by atoms with E-state index in [0.29, 0.717) is 0 Å². The van der Waals surface area contributed by atoms with E-state index in [0.717, 1.165) is 11.4 Å². The van der Waals surface area contributed by atoms with Crippen molar-refractivity contribution in [3.05, 3.63) is 231 Å². The molecule has 0 aliphatic heterocycles. The molecule has 3 heteroatoms. The van der Waals surface area contributed by atoms with E-state index in [1.807, 2.05) is 0 Å². The van der Waals surface area contributed by atoms with Gasteiger partial charge in [-0.25, -0.2) is 0 Å². The first-order valence-electron chi connectivity index (χ1n) is 19.7. The lowest BCUT2D eigenvalue weighted by molar-refractivity contribution is 1.17. The van der Waals surface area contributed by atoms with Gasteiger partial charge in [-0.15, -0.1) is 0 Å². The van der Waals surface area contributed by atoms with Crippen molar-refractivity contribution in [1.82, 2.24) is 9.13 Å². The summed E-state index contributed by atoms with van der Waals surface area (Å²) in [5.41, 5.74) is 9.55. The molecule has 0 saturated carbocycles. The van der Waals surface area contributed by atoms with Crippen molar-refractivity contribution in [2.24, 2.45) is 0 Å². The van der Waals surface area contributed by atoms with Gasteiger partial charge in [0.1, 0.15) is 0 Å². The number of nitrogens with zero attached hydrogens (tertiary/aromatic N) is 2. The maximum Gasteiger partial charge on any atom is 0.179 e. The van der Waals surface area contributed by atoms with Gasteiger partial charge in [0, 0.05) is 32.9 Å². The van der Waals surface area contributed by atoms with Gasteiger partial charge < -0.3 is 9.13 Å². The number of aromatic nitrogens is 2. The molecule has 2 aromatic heterocycles. The van der Waals surface area contributed by atoms with Crippen LogP contribution in [0.5, 0.6) is 0 Å². The van der Waals surface area contributed by atoms with Crippen molar-refractivity contribution in [1.29, 1.82) is 0 Å². The minimum atomic E-state index is -2.70. The fraction of sp³-hybridized carbons (Fsp3) is 0. The molecular formula is C54H38N2Si. The number of hydrogen-bond donors (Lipinski definition) is 0. The Labute approximate surface area is 333 Å². The SMILES string of the molecule is c1ccc(-n2c3ccccc3c3c2ccc2c4ccc(-c5cccc([Si](c6ccccc6)(c6ccccc6)c6ccccc6)c5)cc4n(-c4ccccc4)c23)cc1. The zero-order chi connectivity index (χ0) is 37.8. The lowest BCUT2D eigenvalue weighted by atomic mass is 10.0. The maximum atomic E-state index is 2.50. The minimum absolute atomic E-state index is 1.15. The Morgan fingerprint density at radius 2 is 0.772 bits per heavy atom. The van der Waals surface area contributed by atoms with Gasteiger partial charge in [0.15, 0.2) is 8.07 Å². The van der Waals surface area contributed by atoms with Gasteiger partial charge in [0.25, 0.3) is 0 Å². The van der Waals surface area contributed by atoms with Crippen LogP contribution in [0.15, 0.2) is 231 Å². The smallest absolute Gasteiger partial charge is 0.179 e. The van der Waals surface area contributed by atoms with Gasteiger partial charge >= 0.3 is 0 Å². The second kappa shape index (κ2) is 13.5. The average Bonchev–Trinajstić information content (AvgIpc) is 3.81. The summed E-state index contributed by atoms with van der Waals surface area (Å²) < 4.78 is 4.91. The van der Waals surface area contributed by atoms with E-state index in [4.69, 9.17) is 0 Å². The Bertz CT molecular complexity index is 3110. The summed E-state index contributed by atoms with van der Waals surface area (Å²) in [5.74, 6) is 0. The van der Waals surface area contributed by atoms with Gasteiger partial charge in [-0.3, -0.25) is 0 Å². The van der Waals surface area contributed by atoms with Crippen LogP contribution >= 0.6 is 0 Å². The molecule has 0 unspecified atom stereocenters. The zero-order valence-corrected chi connectivity index (χ0v) is 32.3. The van der Waals surface area contributed by atoms with Gasteiger partial charge in [-0.05, 0) is 74.3 Å². The highest BCUT2D eigenvalue weighted by molar-refractivity contribution is 7.19. The topological polar surface area (TPSA) is 9.86 Å². The van der Waals surface area contributed by atoms with Crippen LogP contribution in [-0.4, -0.2) is 17.2 Å². The van der Waals surface area contributed by atoms with Crippen molar-refractivity contribution >= 4 is 72.4 Å². The Morgan fingerprint density at radius 3 is 1.39 bits per heavy atom. The van der Waals surface area contributed by atoms with E-state index in [1.54, 1.807) is 0 Å². The highest BCUT2D eigenvalue weighted by Crippen LogP contribution is 2.42. The minimum Gasteiger partial charge on any atom is -0.309 e. The van der Waals surface area contributed by atoms with E-state index in [2.05, 4.69) is 240 Å². The third-order valence-corrected chi connectivity index (χ3v) is 16.6. The summed E-state index contributed by atoms with van der Waals surface area (Å²) in [6, 6.07) is 85.1. The van der Waals surface area contributed by atoms with E-state index < -0.39 is 8.07 Å². The van der Waals surface area contributed by atoms with Crippen molar-refractivity contribution in [3.8, 4) is 22.5 Å². The molecule has 0 aliphatic rings. The molecule has 0 radical (unpaired) electrons. The number of rotatable bonds is 7. The summed E-state index contributed by atoms with van der Waals surface area (Å²) in [6.45, 7) is 0. The van der Waals surface area contributed by atoms with Crippen LogP contribution in [0.4, 0.5) is 0 Å². The van der Waals surface area contributed by atoms with Crippen LogP contribution in [0.3, 0.4) is 0 Å². The Morgan fingerprint density at radius 1 is 0.281 bits per heavy atom. The largest absolute Gasteiger partial charge is 0.309 e. The van der Waals surface area contributed by atoms with Gasteiger partial charge in [-0.2, -0.15) is 0 Å². The summed E-state index contributed by atoms with van der Waals surface area (Å²) >= 11 is 0. The molecular weight excluding hydrogens is 705 g/mol. The predicted molar refractivity (Wildman–Crippen MR) is 244 cm³/mol. The Kier molecular flexibility index (Phi) is 7.87. The Hall–Kier alpha value is -7.20. The van der Waals surface area contributed by atoms with E-state index in [-0.39, 0.29) is 0 Å². The second-order valence-corrected chi connectivity index (χ2v) is 18.7. The molecule has 0 N–H and O–H groups in total. The van der Waals surface area contributed by atoms with E-state index in [9.17, 15) is 0 Å². The van der Waals surface area contributed by atoms with Crippen LogP contribution in [0, 0.1) is 0 Å². The van der Waals surface area contributed by atoms with Crippen molar-refractivity contribution in [3.63, 3.8) is 0 Å². The molecule has 57 heavy (non-hydrogen) atoms. The molecule has 0 bridgehead atoms. The number of benzene rings is 9. The molecule has 11 rings (SSSR count). The highest BCUT2D eigenvalue weighted by atomic mass is 28.3. The van der Waals surface area contributed by atoms with Crippen molar-refractivity contribution < 1.29 is 0 Å². The van der Waals surface area contributed by atoms with E-state index in [1.165, 1.54) is 75.5 Å². The molecule has 9 aromatic carbocycles. The highest BCUT2D eigenvalue weighted by Gasteiger charge is 2.41. The first kappa shape index (κ1) is 33.2. The molecule has 0 atom stereocenters. The molecule has 11 aromatic rings. The number of hydrogen-bond acceptors (Lipinski definition) is 0. The fourth-order valence-corrected chi connectivity index (χ4v) is 14.2. The lowest BCUT2D eigenvalue weighted by Crippen LogP contribution is -2.74. The summed E-state index contributed by atoms with van der Waals surface area (Å²) in [5, 5.41) is 10.5. The first-order valence-corrected chi connectivity index (χ1v) is 21.7. The monoisotopic (exact) mass is 742 g/mol. The fourth-order valence-electron chi connectivity index (χ4n) is 9.43. The summed E-state index contributed by atoms with van der Waals surface area (Å²) in [6.07, 6.45) is 0. The third kappa shape index (κ3) is 5.17.